The number of rotatable bonds is 14. The van der Waals surface area contributed by atoms with Crippen molar-refractivity contribution in [1.29, 1.82) is 0 Å². The molecule has 1 aliphatic heterocycles. The SMILES string of the molecule is CCn1nc(C)cc1C(=O)Cc1nc2cc(C(N)=O)cc(OC)c2n1CCC[C@H]1COc2cc(C(N)=O)cc3nc(NC(=O)c4cc(C)nn4CC)n1c23. The topological polar surface area (TPSA) is 222 Å². The highest BCUT2D eigenvalue weighted by Crippen LogP contribution is 2.39. The van der Waals surface area contributed by atoms with E-state index >= 15 is 0 Å². The molecule has 54 heavy (non-hydrogen) atoms. The zero-order valence-corrected chi connectivity index (χ0v) is 30.7. The molecule has 17 nitrogen and oxygen atoms in total. The molecule has 0 saturated heterocycles. The first-order valence-electron chi connectivity index (χ1n) is 17.7. The van der Waals surface area contributed by atoms with Crippen LogP contribution in [0, 0.1) is 13.8 Å². The minimum absolute atomic E-state index is 0.0247. The lowest BCUT2D eigenvalue weighted by Crippen LogP contribution is -2.26. The number of fused-ring (bicyclic) bond motifs is 1. The molecular weight excluding hydrogens is 694 g/mol. The molecule has 0 fully saturated rings. The number of ether oxygens (including phenoxy) is 2. The van der Waals surface area contributed by atoms with E-state index in [2.05, 4.69) is 15.5 Å². The van der Waals surface area contributed by atoms with Crippen LogP contribution in [0.1, 0.15) is 91.6 Å². The molecule has 0 spiro atoms. The van der Waals surface area contributed by atoms with Gasteiger partial charge in [0.2, 0.25) is 17.8 Å². The highest BCUT2D eigenvalue weighted by molar-refractivity contribution is 6.04. The van der Waals surface area contributed by atoms with Gasteiger partial charge in [0.1, 0.15) is 46.4 Å². The lowest BCUT2D eigenvalue weighted by Gasteiger charge is -2.27. The molecule has 5 heterocycles. The van der Waals surface area contributed by atoms with Crippen molar-refractivity contribution < 1.29 is 28.7 Å². The van der Waals surface area contributed by atoms with Crippen LogP contribution in [0.2, 0.25) is 0 Å². The summed E-state index contributed by atoms with van der Waals surface area (Å²) in [5.41, 5.74) is 16.2. The van der Waals surface area contributed by atoms with Gasteiger partial charge in [0, 0.05) is 30.8 Å². The van der Waals surface area contributed by atoms with Crippen molar-refractivity contribution in [2.45, 2.75) is 72.6 Å². The van der Waals surface area contributed by atoms with Gasteiger partial charge in [-0.1, -0.05) is 0 Å². The van der Waals surface area contributed by atoms with Crippen molar-refractivity contribution in [1.82, 2.24) is 38.7 Å². The molecule has 17 heteroatoms. The number of aromatic nitrogens is 8. The third-order valence-electron chi connectivity index (χ3n) is 9.61. The van der Waals surface area contributed by atoms with E-state index in [0.29, 0.717) is 88.9 Å². The second-order valence-corrected chi connectivity index (χ2v) is 13.2. The number of carbonyl (C=O) groups is 4. The van der Waals surface area contributed by atoms with Crippen LogP contribution >= 0.6 is 0 Å². The van der Waals surface area contributed by atoms with E-state index in [1.807, 2.05) is 36.8 Å². The third kappa shape index (κ3) is 6.41. The third-order valence-corrected chi connectivity index (χ3v) is 9.61. The Morgan fingerprint density at radius 3 is 2.15 bits per heavy atom. The molecule has 7 rings (SSSR count). The molecule has 3 amide bonds. The second kappa shape index (κ2) is 14.1. The first-order valence-corrected chi connectivity index (χ1v) is 17.7. The first kappa shape index (κ1) is 35.9. The number of amides is 3. The second-order valence-electron chi connectivity index (χ2n) is 13.2. The quantitative estimate of drug-likeness (QED) is 0.138. The van der Waals surface area contributed by atoms with Gasteiger partial charge < -0.3 is 30.1 Å². The number of hydrogen-bond donors (Lipinski definition) is 3. The van der Waals surface area contributed by atoms with Crippen LogP contribution < -0.4 is 26.3 Å². The Balaban J connectivity index is 1.23. The van der Waals surface area contributed by atoms with Crippen LogP contribution in [-0.2, 0) is 26.1 Å². The van der Waals surface area contributed by atoms with Crippen LogP contribution in [0.25, 0.3) is 22.1 Å². The van der Waals surface area contributed by atoms with Gasteiger partial charge >= 0.3 is 0 Å². The standard InChI is InChI=1S/C37H41N11O6/c1-6-46-26(11-19(3)43-46)28(49)17-31-40-24-13-21(34(38)50)15-29(53-5)32(24)45(31)10-8-9-23-18-54-30-16-22(35(39)51)14-25-33(30)48(23)37(41-25)42-36(52)27-12-20(4)44-47(27)7-2/h11-16,23H,6-10,17-18H2,1-5H3,(H2,38,50)(H2,39,51)(H,41,42,52)/t23-/m0/s1. The van der Waals surface area contributed by atoms with E-state index in [4.69, 9.17) is 30.9 Å². The van der Waals surface area contributed by atoms with Gasteiger partial charge in [-0.2, -0.15) is 10.2 Å². The van der Waals surface area contributed by atoms with Gasteiger partial charge in [0.25, 0.3) is 5.91 Å². The monoisotopic (exact) mass is 735 g/mol. The Morgan fingerprint density at radius 1 is 0.870 bits per heavy atom. The van der Waals surface area contributed by atoms with Crippen molar-refractivity contribution >= 4 is 51.5 Å². The van der Waals surface area contributed by atoms with Gasteiger partial charge in [-0.05, 0) is 76.9 Å². The van der Waals surface area contributed by atoms with E-state index in [-0.39, 0.29) is 47.8 Å². The average molecular weight is 736 g/mol. The van der Waals surface area contributed by atoms with E-state index in [0.717, 1.165) is 5.69 Å². The fourth-order valence-corrected chi connectivity index (χ4v) is 7.18. The number of anilines is 1. The molecule has 1 aliphatic rings. The van der Waals surface area contributed by atoms with E-state index in [9.17, 15) is 19.2 Å². The average Bonchev–Trinajstić information content (AvgIpc) is 3.91. The van der Waals surface area contributed by atoms with Crippen LogP contribution in [0.15, 0.2) is 36.4 Å². The summed E-state index contributed by atoms with van der Waals surface area (Å²) in [7, 11) is 1.50. The minimum Gasteiger partial charge on any atom is -0.494 e. The van der Waals surface area contributed by atoms with Crippen molar-refractivity contribution in [3.05, 3.63) is 76.1 Å². The van der Waals surface area contributed by atoms with Crippen molar-refractivity contribution in [2.75, 3.05) is 19.0 Å². The molecule has 1 atom stereocenters. The molecule has 0 radical (unpaired) electrons. The first-order chi connectivity index (χ1) is 25.9. The highest BCUT2D eigenvalue weighted by atomic mass is 16.5. The molecule has 0 saturated carbocycles. The fourth-order valence-electron chi connectivity index (χ4n) is 7.18. The maximum Gasteiger partial charge on any atom is 0.276 e. The maximum atomic E-state index is 13.7. The lowest BCUT2D eigenvalue weighted by molar-refractivity contribution is 0.0974. The molecule has 0 aliphatic carbocycles. The molecule has 280 valence electrons. The minimum atomic E-state index is -0.631. The van der Waals surface area contributed by atoms with E-state index in [1.165, 1.54) is 7.11 Å². The Morgan fingerprint density at radius 2 is 1.50 bits per heavy atom. The number of methoxy groups -OCH3 is 1. The van der Waals surface area contributed by atoms with E-state index in [1.54, 1.807) is 45.8 Å². The van der Waals surface area contributed by atoms with Gasteiger partial charge in [-0.25, -0.2) is 9.97 Å². The van der Waals surface area contributed by atoms with Gasteiger partial charge in [-0.3, -0.25) is 33.9 Å². The summed E-state index contributed by atoms with van der Waals surface area (Å²) in [6.07, 6.45) is 1.09. The molecule has 4 aromatic heterocycles. The molecule has 0 unspecified atom stereocenters. The maximum absolute atomic E-state index is 13.7. The van der Waals surface area contributed by atoms with Gasteiger partial charge in [-0.15, -0.1) is 0 Å². The number of hydrogen-bond acceptors (Lipinski definition) is 10. The zero-order chi connectivity index (χ0) is 38.4. The van der Waals surface area contributed by atoms with Crippen LogP contribution in [0.4, 0.5) is 5.95 Å². The number of imidazole rings is 2. The number of aryl methyl sites for hydroxylation is 5. The molecule has 6 aromatic rings. The Bertz CT molecular complexity index is 2490. The number of Topliss-reactive ketones (excluding diaryl/α,β-unsaturated/α-hetero) is 1. The van der Waals surface area contributed by atoms with Gasteiger partial charge in [0.05, 0.1) is 42.0 Å². The van der Waals surface area contributed by atoms with E-state index < -0.39 is 11.8 Å². The number of ketones is 1. The van der Waals surface area contributed by atoms with Crippen LogP contribution in [-0.4, -0.2) is 75.9 Å². The van der Waals surface area contributed by atoms with Crippen LogP contribution in [0.3, 0.4) is 0 Å². The summed E-state index contributed by atoms with van der Waals surface area (Å²) < 4.78 is 19.1. The number of nitrogens with two attached hydrogens (primary N) is 2. The van der Waals surface area contributed by atoms with Gasteiger partial charge in [0.15, 0.2) is 5.78 Å². The number of nitrogens with zero attached hydrogens (tertiary/aromatic N) is 8. The number of benzene rings is 2. The number of carbonyl (C=O) groups excluding carboxylic acids is 4. The largest absolute Gasteiger partial charge is 0.494 e. The predicted molar refractivity (Wildman–Crippen MR) is 198 cm³/mol. The summed E-state index contributed by atoms with van der Waals surface area (Å²) in [6, 6.07) is 9.51. The fraction of sp³-hybridized carbons (Fsp3) is 0.351. The molecular formula is C37H41N11O6. The summed E-state index contributed by atoms with van der Waals surface area (Å²) in [6.45, 7) is 9.15. The zero-order valence-electron chi connectivity index (χ0n) is 30.7. The molecule has 5 N–H and O–H groups in total. The molecule has 0 bridgehead atoms. The highest BCUT2D eigenvalue weighted by Gasteiger charge is 2.30. The van der Waals surface area contributed by atoms with Crippen LogP contribution in [0.5, 0.6) is 11.5 Å². The van der Waals surface area contributed by atoms with Crippen molar-refractivity contribution in [3.63, 3.8) is 0 Å². The number of nitrogens with one attached hydrogen (secondary N) is 1. The summed E-state index contributed by atoms with van der Waals surface area (Å²) in [5.74, 6) is -0.200. The van der Waals surface area contributed by atoms with Crippen molar-refractivity contribution in [2.24, 2.45) is 11.5 Å². The Kier molecular flexibility index (Phi) is 9.39. The summed E-state index contributed by atoms with van der Waals surface area (Å²) >= 11 is 0. The normalized spacial score (nSPS) is 13.7. The summed E-state index contributed by atoms with van der Waals surface area (Å²) in [5, 5.41) is 11.8. The predicted octanol–water partition coefficient (Wildman–Crippen LogP) is 3.73. The summed E-state index contributed by atoms with van der Waals surface area (Å²) in [4.78, 5) is 61.2. The Labute approximate surface area is 309 Å². The van der Waals surface area contributed by atoms with Crippen molar-refractivity contribution in [3.8, 4) is 11.5 Å². The smallest absolute Gasteiger partial charge is 0.276 e. The lowest BCUT2D eigenvalue weighted by atomic mass is 10.1. The Hall–Kier alpha value is -6.52. The number of primary amides is 2. The molecule has 2 aromatic carbocycles.